The van der Waals surface area contributed by atoms with Crippen LogP contribution in [0.3, 0.4) is 0 Å². The predicted molar refractivity (Wildman–Crippen MR) is 54.8 cm³/mol. The van der Waals surface area contributed by atoms with E-state index < -0.39 is 11.9 Å². The van der Waals surface area contributed by atoms with Crippen LogP contribution in [0.25, 0.3) is 6.08 Å². The molecule has 0 atom stereocenters. The van der Waals surface area contributed by atoms with E-state index in [2.05, 4.69) is 0 Å². The van der Waals surface area contributed by atoms with Gasteiger partial charge in [0.05, 0.1) is 5.56 Å². The lowest BCUT2D eigenvalue weighted by atomic mass is 10.0. The number of aromatic carboxylic acids is 1. The third-order valence-electron chi connectivity index (χ3n) is 2.01. The molecule has 0 unspecified atom stereocenters. The van der Waals surface area contributed by atoms with Crippen LogP contribution in [-0.2, 0) is 4.79 Å². The van der Waals surface area contributed by atoms with Crippen LogP contribution in [0.15, 0.2) is 24.3 Å². The molecule has 0 aromatic heterocycles. The topological polar surface area (TPSA) is 74.6 Å². The molecule has 0 fully saturated rings. The molecule has 1 aromatic rings. The molecular weight excluding hydrogens is 196 g/mol. The van der Waals surface area contributed by atoms with Crippen molar-refractivity contribution in [3.05, 3.63) is 41.0 Å². The number of carboxylic acids is 2. The fraction of sp³-hybridized carbons (Fsp3) is 0.0909. The number of carbonyl (C=O) groups is 2. The number of benzene rings is 1. The molecule has 0 aliphatic carbocycles. The standard InChI is InChI=1S/C11H10O4/c1-7-8(5-6-10(12)13)3-2-4-9(7)11(14)15/h2-6H,1H3,(H,12,13)(H,14,15). The van der Waals surface area contributed by atoms with Gasteiger partial charge in [-0.25, -0.2) is 9.59 Å². The zero-order valence-corrected chi connectivity index (χ0v) is 8.10. The lowest BCUT2D eigenvalue weighted by Gasteiger charge is -2.03. The van der Waals surface area contributed by atoms with Gasteiger partial charge in [-0.2, -0.15) is 0 Å². The molecule has 4 heteroatoms. The average molecular weight is 206 g/mol. The fourth-order valence-electron chi connectivity index (χ4n) is 1.23. The van der Waals surface area contributed by atoms with Crippen molar-refractivity contribution in [2.24, 2.45) is 0 Å². The van der Waals surface area contributed by atoms with E-state index in [9.17, 15) is 9.59 Å². The summed E-state index contributed by atoms with van der Waals surface area (Å²) in [5.74, 6) is -2.08. The van der Waals surface area contributed by atoms with Crippen LogP contribution in [0.2, 0.25) is 0 Å². The molecule has 0 saturated carbocycles. The molecule has 0 radical (unpaired) electrons. The molecule has 0 saturated heterocycles. The summed E-state index contributed by atoms with van der Waals surface area (Å²) in [5.41, 5.74) is 1.34. The van der Waals surface area contributed by atoms with Gasteiger partial charge in [-0.3, -0.25) is 0 Å². The molecule has 0 amide bonds. The van der Waals surface area contributed by atoms with Crippen molar-refractivity contribution in [1.82, 2.24) is 0 Å². The minimum absolute atomic E-state index is 0.183. The third-order valence-corrected chi connectivity index (χ3v) is 2.01. The summed E-state index contributed by atoms with van der Waals surface area (Å²) in [6.07, 6.45) is 2.36. The maximum absolute atomic E-state index is 10.8. The largest absolute Gasteiger partial charge is 0.478 e. The summed E-state index contributed by atoms with van der Waals surface area (Å²) in [6, 6.07) is 4.73. The molecule has 1 rings (SSSR count). The van der Waals surface area contributed by atoms with E-state index in [0.717, 1.165) is 6.08 Å². The number of carboxylic acid groups (broad SMARTS) is 2. The Kier molecular flexibility index (Phi) is 3.23. The van der Waals surface area contributed by atoms with Gasteiger partial charge in [0.2, 0.25) is 0 Å². The molecule has 0 spiro atoms. The molecule has 1 aromatic carbocycles. The molecule has 2 N–H and O–H groups in total. The highest BCUT2D eigenvalue weighted by Crippen LogP contribution is 2.15. The number of rotatable bonds is 3. The van der Waals surface area contributed by atoms with Gasteiger partial charge < -0.3 is 10.2 Å². The Morgan fingerprint density at radius 2 is 1.93 bits per heavy atom. The minimum atomic E-state index is -1.06. The van der Waals surface area contributed by atoms with Gasteiger partial charge in [-0.1, -0.05) is 12.1 Å². The molecule has 4 nitrogen and oxygen atoms in total. The monoisotopic (exact) mass is 206 g/mol. The van der Waals surface area contributed by atoms with Crippen molar-refractivity contribution in [3.8, 4) is 0 Å². The molecule has 15 heavy (non-hydrogen) atoms. The Labute approximate surface area is 86.5 Å². The Morgan fingerprint density at radius 3 is 2.47 bits per heavy atom. The lowest BCUT2D eigenvalue weighted by molar-refractivity contribution is -0.131. The van der Waals surface area contributed by atoms with Gasteiger partial charge in [0.15, 0.2) is 0 Å². The first-order chi connectivity index (χ1) is 7.02. The average Bonchev–Trinajstić information content (AvgIpc) is 2.15. The first-order valence-electron chi connectivity index (χ1n) is 4.26. The maximum atomic E-state index is 10.8. The summed E-state index contributed by atoms with van der Waals surface area (Å²) in [5, 5.41) is 17.3. The normalized spacial score (nSPS) is 10.5. The van der Waals surface area contributed by atoms with Crippen LogP contribution in [-0.4, -0.2) is 22.2 Å². The molecular formula is C11H10O4. The Hall–Kier alpha value is -2.10. The summed E-state index contributed by atoms with van der Waals surface area (Å²) in [7, 11) is 0. The Balaban J connectivity index is 3.15. The first kappa shape index (κ1) is 11.0. The number of hydrogen-bond acceptors (Lipinski definition) is 2. The number of aliphatic carboxylic acids is 1. The van der Waals surface area contributed by atoms with E-state index in [1.54, 1.807) is 19.1 Å². The molecule has 0 aliphatic rings. The molecule has 0 heterocycles. The Bertz CT molecular complexity index is 432. The summed E-state index contributed by atoms with van der Waals surface area (Å²) in [6.45, 7) is 1.64. The maximum Gasteiger partial charge on any atom is 0.335 e. The highest BCUT2D eigenvalue weighted by molar-refractivity contribution is 5.91. The Morgan fingerprint density at radius 1 is 1.27 bits per heavy atom. The zero-order valence-electron chi connectivity index (χ0n) is 8.10. The second kappa shape index (κ2) is 4.41. The second-order valence-electron chi connectivity index (χ2n) is 3.00. The van der Waals surface area contributed by atoms with Gasteiger partial charge in [0.1, 0.15) is 0 Å². The van der Waals surface area contributed by atoms with Crippen LogP contribution < -0.4 is 0 Å². The van der Waals surface area contributed by atoms with Crippen LogP contribution in [0, 0.1) is 6.92 Å². The summed E-state index contributed by atoms with van der Waals surface area (Å²) in [4.78, 5) is 21.1. The van der Waals surface area contributed by atoms with Crippen molar-refractivity contribution in [1.29, 1.82) is 0 Å². The van der Waals surface area contributed by atoms with E-state index in [1.165, 1.54) is 12.1 Å². The van der Waals surface area contributed by atoms with Gasteiger partial charge in [0.25, 0.3) is 0 Å². The number of hydrogen-bond donors (Lipinski definition) is 2. The van der Waals surface area contributed by atoms with Gasteiger partial charge in [-0.05, 0) is 30.2 Å². The van der Waals surface area contributed by atoms with E-state index >= 15 is 0 Å². The second-order valence-corrected chi connectivity index (χ2v) is 3.00. The van der Waals surface area contributed by atoms with Crippen LogP contribution >= 0.6 is 0 Å². The first-order valence-corrected chi connectivity index (χ1v) is 4.26. The van der Waals surface area contributed by atoms with Crippen LogP contribution in [0.5, 0.6) is 0 Å². The molecule has 78 valence electrons. The van der Waals surface area contributed by atoms with E-state index in [4.69, 9.17) is 10.2 Å². The van der Waals surface area contributed by atoms with Crippen LogP contribution in [0.1, 0.15) is 21.5 Å². The van der Waals surface area contributed by atoms with Crippen molar-refractivity contribution in [2.75, 3.05) is 0 Å². The van der Waals surface area contributed by atoms with Crippen molar-refractivity contribution >= 4 is 18.0 Å². The SMILES string of the molecule is Cc1c(C=CC(=O)O)cccc1C(=O)O. The summed E-state index contributed by atoms with van der Waals surface area (Å²) >= 11 is 0. The third kappa shape index (κ3) is 2.67. The highest BCUT2D eigenvalue weighted by Gasteiger charge is 2.08. The van der Waals surface area contributed by atoms with Gasteiger partial charge in [0, 0.05) is 6.08 Å². The van der Waals surface area contributed by atoms with Crippen molar-refractivity contribution < 1.29 is 19.8 Å². The van der Waals surface area contributed by atoms with E-state index in [1.807, 2.05) is 0 Å². The molecule has 0 bridgehead atoms. The minimum Gasteiger partial charge on any atom is -0.478 e. The van der Waals surface area contributed by atoms with Crippen molar-refractivity contribution in [3.63, 3.8) is 0 Å². The van der Waals surface area contributed by atoms with Gasteiger partial charge >= 0.3 is 11.9 Å². The van der Waals surface area contributed by atoms with Crippen molar-refractivity contribution in [2.45, 2.75) is 6.92 Å². The van der Waals surface area contributed by atoms with E-state index in [-0.39, 0.29) is 5.56 Å². The van der Waals surface area contributed by atoms with Gasteiger partial charge in [-0.15, -0.1) is 0 Å². The summed E-state index contributed by atoms with van der Waals surface area (Å²) < 4.78 is 0. The molecule has 0 aliphatic heterocycles. The van der Waals surface area contributed by atoms with Crippen LogP contribution in [0.4, 0.5) is 0 Å². The lowest BCUT2D eigenvalue weighted by Crippen LogP contribution is -2.00. The fourth-order valence-corrected chi connectivity index (χ4v) is 1.23. The highest BCUT2D eigenvalue weighted by atomic mass is 16.4. The zero-order chi connectivity index (χ0) is 11.4. The predicted octanol–water partition coefficient (Wildman–Crippen LogP) is 1.79. The quantitative estimate of drug-likeness (QED) is 0.739. The van der Waals surface area contributed by atoms with E-state index in [0.29, 0.717) is 11.1 Å². The smallest absolute Gasteiger partial charge is 0.335 e.